The van der Waals surface area contributed by atoms with E-state index in [1.54, 1.807) is 0 Å². The van der Waals surface area contributed by atoms with E-state index in [4.69, 9.17) is 10.2 Å². The Bertz CT molecular complexity index is 145. The lowest BCUT2D eigenvalue weighted by Crippen LogP contribution is -2.01. The lowest BCUT2D eigenvalue weighted by Gasteiger charge is -1.98. The van der Waals surface area contributed by atoms with E-state index in [0.29, 0.717) is 12.2 Å². The van der Waals surface area contributed by atoms with Crippen molar-refractivity contribution in [2.45, 2.75) is 6.42 Å². The first-order chi connectivity index (χ1) is 5.18. The largest absolute Gasteiger partial charge is 0.478 e. The van der Waals surface area contributed by atoms with Gasteiger partial charge in [0.2, 0.25) is 0 Å². The van der Waals surface area contributed by atoms with E-state index in [0.717, 1.165) is 5.75 Å². The lowest BCUT2D eigenvalue weighted by molar-refractivity contribution is -0.132. The molecule has 0 rings (SSSR count). The van der Waals surface area contributed by atoms with Crippen LogP contribution in [0.4, 0.5) is 0 Å². The van der Waals surface area contributed by atoms with Crippen LogP contribution in [0.2, 0.25) is 0 Å². The monoisotopic (exact) mass is 176 g/mol. The summed E-state index contributed by atoms with van der Waals surface area (Å²) in [6.45, 7) is 3.53. The number of carboxylic acids is 1. The molecule has 0 spiro atoms. The molecule has 0 amide bonds. The molecule has 0 aromatic carbocycles. The standard InChI is InChI=1S/C7H12O3S/c1-6(7(9)10)5-11-4-2-3-8/h8H,1-5H2,(H,9,10). The van der Waals surface area contributed by atoms with Gasteiger partial charge in [0.25, 0.3) is 0 Å². The summed E-state index contributed by atoms with van der Waals surface area (Å²) in [5, 5.41) is 16.8. The van der Waals surface area contributed by atoms with Crippen molar-refractivity contribution in [3.63, 3.8) is 0 Å². The molecule has 0 bridgehead atoms. The van der Waals surface area contributed by atoms with Crippen molar-refractivity contribution in [3.05, 3.63) is 12.2 Å². The van der Waals surface area contributed by atoms with Crippen LogP contribution >= 0.6 is 11.8 Å². The summed E-state index contributed by atoms with van der Waals surface area (Å²) >= 11 is 1.47. The number of carbonyl (C=O) groups is 1. The van der Waals surface area contributed by atoms with Crippen molar-refractivity contribution < 1.29 is 15.0 Å². The van der Waals surface area contributed by atoms with Gasteiger partial charge in [0.15, 0.2) is 0 Å². The first-order valence-corrected chi connectivity index (χ1v) is 4.43. The first-order valence-electron chi connectivity index (χ1n) is 3.28. The predicted octanol–water partition coefficient (Wildman–Crippen LogP) is 0.743. The molecule has 0 fully saturated rings. The van der Waals surface area contributed by atoms with Crippen LogP contribution in [0, 0.1) is 0 Å². The van der Waals surface area contributed by atoms with E-state index in [9.17, 15) is 4.79 Å². The third-order valence-corrected chi connectivity index (χ3v) is 2.16. The van der Waals surface area contributed by atoms with E-state index < -0.39 is 5.97 Å². The van der Waals surface area contributed by atoms with E-state index in [-0.39, 0.29) is 12.2 Å². The van der Waals surface area contributed by atoms with Gasteiger partial charge in [-0.25, -0.2) is 4.79 Å². The third kappa shape index (κ3) is 5.94. The van der Waals surface area contributed by atoms with Gasteiger partial charge in [-0.15, -0.1) is 0 Å². The Kier molecular flexibility index (Phi) is 5.97. The highest BCUT2D eigenvalue weighted by Gasteiger charge is 2.02. The molecule has 11 heavy (non-hydrogen) atoms. The summed E-state index contributed by atoms with van der Waals surface area (Å²) in [4.78, 5) is 10.2. The van der Waals surface area contributed by atoms with Crippen LogP contribution in [0.1, 0.15) is 6.42 Å². The fraction of sp³-hybridized carbons (Fsp3) is 0.571. The normalized spacial score (nSPS) is 9.55. The molecule has 0 aliphatic carbocycles. The highest BCUT2D eigenvalue weighted by molar-refractivity contribution is 7.99. The minimum Gasteiger partial charge on any atom is -0.478 e. The van der Waals surface area contributed by atoms with Crippen LogP contribution in [0.3, 0.4) is 0 Å². The van der Waals surface area contributed by atoms with Crippen LogP contribution < -0.4 is 0 Å². The van der Waals surface area contributed by atoms with E-state index in [1.165, 1.54) is 11.8 Å². The van der Waals surface area contributed by atoms with E-state index >= 15 is 0 Å². The quantitative estimate of drug-likeness (QED) is 0.463. The topological polar surface area (TPSA) is 57.5 Å². The molecule has 2 N–H and O–H groups in total. The number of carboxylic acid groups (broad SMARTS) is 1. The molecule has 0 heterocycles. The molecule has 3 nitrogen and oxygen atoms in total. The molecule has 64 valence electrons. The number of hydrogen-bond acceptors (Lipinski definition) is 3. The maximum Gasteiger partial charge on any atom is 0.331 e. The van der Waals surface area contributed by atoms with Gasteiger partial charge in [-0.3, -0.25) is 0 Å². The van der Waals surface area contributed by atoms with Crippen LogP contribution in [0.25, 0.3) is 0 Å². The highest BCUT2D eigenvalue weighted by atomic mass is 32.2. The van der Waals surface area contributed by atoms with Gasteiger partial charge in [0.1, 0.15) is 0 Å². The van der Waals surface area contributed by atoms with Crippen LogP contribution in [0.15, 0.2) is 12.2 Å². The van der Waals surface area contributed by atoms with E-state index in [2.05, 4.69) is 6.58 Å². The minimum atomic E-state index is -0.943. The average molecular weight is 176 g/mol. The summed E-state index contributed by atoms with van der Waals surface area (Å²) in [6, 6.07) is 0. The molecule has 0 aliphatic heterocycles. The molecule has 4 heteroatoms. The Hall–Kier alpha value is -0.480. The summed E-state index contributed by atoms with van der Waals surface area (Å²) in [5.41, 5.74) is 0.216. The average Bonchev–Trinajstić information content (AvgIpc) is 1.97. The zero-order valence-corrected chi connectivity index (χ0v) is 7.06. The summed E-state index contributed by atoms with van der Waals surface area (Å²) in [5.74, 6) is 0.277. The summed E-state index contributed by atoms with van der Waals surface area (Å²) < 4.78 is 0. The zero-order chi connectivity index (χ0) is 8.69. The van der Waals surface area contributed by atoms with Gasteiger partial charge in [0, 0.05) is 17.9 Å². The molecule has 0 atom stereocenters. The van der Waals surface area contributed by atoms with Crippen LogP contribution in [0.5, 0.6) is 0 Å². The van der Waals surface area contributed by atoms with Crippen molar-refractivity contribution in [2.75, 3.05) is 18.1 Å². The fourth-order valence-corrected chi connectivity index (χ4v) is 1.27. The molecule has 0 aliphatic rings. The molecule has 0 saturated carbocycles. The van der Waals surface area contributed by atoms with Gasteiger partial charge in [0.05, 0.1) is 0 Å². The second kappa shape index (κ2) is 6.24. The Morgan fingerprint density at radius 3 is 2.64 bits per heavy atom. The molecule has 0 aromatic heterocycles. The molecule has 0 unspecified atom stereocenters. The van der Waals surface area contributed by atoms with Crippen LogP contribution in [-0.4, -0.2) is 34.3 Å². The van der Waals surface area contributed by atoms with Crippen molar-refractivity contribution in [1.29, 1.82) is 0 Å². The summed E-state index contributed by atoms with van der Waals surface area (Å²) in [6.07, 6.45) is 0.706. The molecule has 0 saturated heterocycles. The van der Waals surface area contributed by atoms with Gasteiger partial charge < -0.3 is 10.2 Å². The van der Waals surface area contributed by atoms with Gasteiger partial charge in [-0.05, 0) is 12.2 Å². The molecular weight excluding hydrogens is 164 g/mol. The zero-order valence-electron chi connectivity index (χ0n) is 6.25. The number of aliphatic carboxylic acids is 1. The smallest absolute Gasteiger partial charge is 0.331 e. The number of thioether (sulfide) groups is 1. The van der Waals surface area contributed by atoms with Gasteiger partial charge >= 0.3 is 5.97 Å². The van der Waals surface area contributed by atoms with E-state index in [1.807, 2.05) is 0 Å². The Balaban J connectivity index is 3.25. The van der Waals surface area contributed by atoms with Crippen LogP contribution in [-0.2, 0) is 4.79 Å². The van der Waals surface area contributed by atoms with Gasteiger partial charge in [-0.2, -0.15) is 11.8 Å². The second-order valence-corrected chi connectivity index (χ2v) is 3.14. The maximum absolute atomic E-state index is 10.2. The third-order valence-electron chi connectivity index (χ3n) is 1.03. The molecule has 0 aromatic rings. The highest BCUT2D eigenvalue weighted by Crippen LogP contribution is 2.07. The Morgan fingerprint density at radius 2 is 2.18 bits per heavy atom. The van der Waals surface area contributed by atoms with Crippen molar-refractivity contribution in [2.24, 2.45) is 0 Å². The van der Waals surface area contributed by atoms with Crippen molar-refractivity contribution in [1.82, 2.24) is 0 Å². The Labute approximate surface area is 70.1 Å². The van der Waals surface area contributed by atoms with Crippen molar-refractivity contribution >= 4 is 17.7 Å². The Morgan fingerprint density at radius 1 is 1.55 bits per heavy atom. The summed E-state index contributed by atoms with van der Waals surface area (Å²) in [7, 11) is 0. The number of hydrogen-bond donors (Lipinski definition) is 2. The van der Waals surface area contributed by atoms with Gasteiger partial charge in [-0.1, -0.05) is 6.58 Å². The SMILES string of the molecule is C=C(CSCCCO)C(=O)O. The molecular formula is C7H12O3S. The first kappa shape index (κ1) is 10.5. The second-order valence-electron chi connectivity index (χ2n) is 2.04. The predicted molar refractivity (Wildman–Crippen MR) is 45.8 cm³/mol. The minimum absolute atomic E-state index is 0.159. The number of rotatable bonds is 6. The number of aliphatic hydroxyl groups excluding tert-OH is 1. The maximum atomic E-state index is 10.2. The lowest BCUT2D eigenvalue weighted by atomic mass is 10.4. The number of aliphatic hydroxyl groups is 1. The van der Waals surface area contributed by atoms with Crippen molar-refractivity contribution in [3.8, 4) is 0 Å². The fourth-order valence-electron chi connectivity index (χ4n) is 0.424. The molecule has 0 radical (unpaired) electrons.